The lowest BCUT2D eigenvalue weighted by Crippen LogP contribution is -2.10. The van der Waals surface area contributed by atoms with E-state index < -0.39 is 5.97 Å². The van der Waals surface area contributed by atoms with Crippen LogP contribution in [-0.2, 0) is 0 Å². The second kappa shape index (κ2) is 9.76. The zero-order valence-electron chi connectivity index (χ0n) is 18.4. The van der Waals surface area contributed by atoms with Crippen LogP contribution in [0.5, 0.6) is 11.5 Å². The van der Waals surface area contributed by atoms with E-state index in [2.05, 4.69) is 26.8 Å². The number of carbonyl (C=O) groups is 1. The minimum Gasteiger partial charge on any atom is -0.493 e. The molecule has 162 valence electrons. The molecule has 3 rings (SSSR count). The van der Waals surface area contributed by atoms with E-state index in [1.807, 2.05) is 32.0 Å². The van der Waals surface area contributed by atoms with E-state index in [4.69, 9.17) is 32.7 Å². The van der Waals surface area contributed by atoms with E-state index in [9.17, 15) is 4.79 Å². The molecule has 0 saturated carbocycles. The second-order valence-electron chi connectivity index (χ2n) is 7.66. The van der Waals surface area contributed by atoms with Crippen molar-refractivity contribution in [3.63, 3.8) is 0 Å². The van der Waals surface area contributed by atoms with Crippen molar-refractivity contribution in [3.05, 3.63) is 80.3 Å². The molecule has 0 radical (unpaired) electrons. The van der Waals surface area contributed by atoms with E-state index in [0.29, 0.717) is 28.0 Å². The Morgan fingerprint density at radius 3 is 1.87 bits per heavy atom. The summed E-state index contributed by atoms with van der Waals surface area (Å²) < 4.78 is 11.9. The van der Waals surface area contributed by atoms with Gasteiger partial charge in [-0.3, -0.25) is 0 Å². The highest BCUT2D eigenvalue weighted by atomic mass is 35.5. The molecule has 0 bridgehead atoms. The normalized spacial score (nSPS) is 10.8. The third-order valence-corrected chi connectivity index (χ3v) is 5.84. The fourth-order valence-corrected chi connectivity index (χ4v) is 3.98. The molecular formula is C26H26Cl2O3. The number of ether oxygens (including phenoxy) is 2. The van der Waals surface area contributed by atoms with Crippen LogP contribution in [0.1, 0.15) is 46.0 Å². The van der Waals surface area contributed by atoms with Gasteiger partial charge in [0.15, 0.2) is 0 Å². The van der Waals surface area contributed by atoms with Crippen molar-refractivity contribution in [1.29, 1.82) is 0 Å². The fourth-order valence-electron chi connectivity index (χ4n) is 3.45. The molecule has 5 heteroatoms. The number of halogens is 2. The van der Waals surface area contributed by atoms with Crippen molar-refractivity contribution >= 4 is 29.2 Å². The van der Waals surface area contributed by atoms with Crippen molar-refractivity contribution in [2.45, 2.75) is 41.0 Å². The van der Waals surface area contributed by atoms with E-state index >= 15 is 0 Å². The molecular weight excluding hydrogens is 431 g/mol. The lowest BCUT2D eigenvalue weighted by atomic mass is 9.90. The number of esters is 1. The molecule has 3 aromatic carbocycles. The molecule has 31 heavy (non-hydrogen) atoms. The van der Waals surface area contributed by atoms with Crippen molar-refractivity contribution in [3.8, 4) is 22.6 Å². The van der Waals surface area contributed by atoms with Gasteiger partial charge in [-0.05, 0) is 86.7 Å². The Morgan fingerprint density at radius 2 is 1.32 bits per heavy atom. The predicted molar refractivity (Wildman–Crippen MR) is 128 cm³/mol. The smallest absolute Gasteiger partial charge is 0.343 e. The predicted octanol–water partition coefficient (Wildman–Crippen LogP) is 7.90. The number of carbonyl (C=O) groups excluding carboxylic acids is 1. The van der Waals surface area contributed by atoms with Gasteiger partial charge in [-0.2, -0.15) is 0 Å². The Labute approximate surface area is 193 Å². The molecule has 0 aromatic heterocycles. The Balaban J connectivity index is 2.16. The van der Waals surface area contributed by atoms with Gasteiger partial charge in [-0.1, -0.05) is 42.3 Å². The standard InChI is InChI=1S/C26H26Cl2O3/c1-6-11-30-22-9-7-15(2)17(4)24(22)25-18(5)16(3)8-10-23(25)31-26(29)19-12-20(27)14-21(28)13-19/h7-10,12-14H,6,11H2,1-5H3. The number of rotatable bonds is 6. The largest absolute Gasteiger partial charge is 0.493 e. The molecule has 0 atom stereocenters. The number of benzene rings is 3. The highest BCUT2D eigenvalue weighted by Gasteiger charge is 2.22. The highest BCUT2D eigenvalue weighted by Crippen LogP contribution is 2.43. The van der Waals surface area contributed by atoms with Gasteiger partial charge in [0.1, 0.15) is 11.5 Å². The summed E-state index contributed by atoms with van der Waals surface area (Å²) in [5.41, 5.74) is 6.46. The van der Waals surface area contributed by atoms with Gasteiger partial charge in [-0.15, -0.1) is 0 Å². The molecule has 0 heterocycles. The van der Waals surface area contributed by atoms with Gasteiger partial charge >= 0.3 is 5.97 Å². The van der Waals surface area contributed by atoms with E-state index in [-0.39, 0.29) is 0 Å². The summed E-state index contributed by atoms with van der Waals surface area (Å²) in [5.74, 6) is 0.733. The number of hydrogen-bond acceptors (Lipinski definition) is 3. The van der Waals surface area contributed by atoms with Crippen LogP contribution < -0.4 is 9.47 Å². The van der Waals surface area contributed by atoms with E-state index in [1.165, 1.54) is 0 Å². The van der Waals surface area contributed by atoms with Gasteiger partial charge in [0.2, 0.25) is 0 Å². The maximum Gasteiger partial charge on any atom is 0.343 e. The summed E-state index contributed by atoms with van der Waals surface area (Å²) in [6.07, 6.45) is 0.899. The van der Waals surface area contributed by atoms with Crippen LogP contribution in [0.3, 0.4) is 0 Å². The molecule has 0 saturated heterocycles. The maximum atomic E-state index is 12.9. The van der Waals surface area contributed by atoms with Gasteiger partial charge < -0.3 is 9.47 Å². The van der Waals surface area contributed by atoms with Gasteiger partial charge in [0, 0.05) is 21.2 Å². The molecule has 0 amide bonds. The topological polar surface area (TPSA) is 35.5 Å². The molecule has 0 aliphatic rings. The third-order valence-electron chi connectivity index (χ3n) is 5.41. The van der Waals surface area contributed by atoms with Gasteiger partial charge in [-0.25, -0.2) is 4.79 Å². The summed E-state index contributed by atoms with van der Waals surface area (Å²) in [4.78, 5) is 12.9. The van der Waals surface area contributed by atoms with E-state index in [1.54, 1.807) is 18.2 Å². The minimum atomic E-state index is -0.518. The zero-order chi connectivity index (χ0) is 22.7. The van der Waals surface area contributed by atoms with Crippen molar-refractivity contribution in [2.24, 2.45) is 0 Å². The maximum absolute atomic E-state index is 12.9. The van der Waals surface area contributed by atoms with Crippen LogP contribution in [0.15, 0.2) is 42.5 Å². The summed E-state index contributed by atoms with van der Waals surface area (Å²) in [6, 6.07) is 12.5. The lowest BCUT2D eigenvalue weighted by Gasteiger charge is -2.21. The Hall–Kier alpha value is -2.49. The number of aryl methyl sites for hydroxylation is 2. The summed E-state index contributed by atoms with van der Waals surface area (Å²) in [7, 11) is 0. The Kier molecular flexibility index (Phi) is 7.30. The van der Waals surface area contributed by atoms with Crippen LogP contribution in [0.4, 0.5) is 0 Å². The third kappa shape index (κ3) is 5.06. The Bertz CT molecular complexity index is 1120. The SMILES string of the molecule is CCCOc1ccc(C)c(C)c1-c1c(OC(=O)c2cc(Cl)cc(Cl)c2)ccc(C)c1C. The Morgan fingerprint density at radius 1 is 0.806 bits per heavy atom. The van der Waals surface area contributed by atoms with Crippen molar-refractivity contribution < 1.29 is 14.3 Å². The first-order valence-electron chi connectivity index (χ1n) is 10.2. The first-order valence-corrected chi connectivity index (χ1v) is 11.0. The molecule has 0 spiro atoms. The minimum absolute atomic E-state index is 0.296. The first kappa shape index (κ1) is 23.2. The average molecular weight is 457 g/mol. The molecule has 0 unspecified atom stereocenters. The van der Waals surface area contributed by atoms with Crippen LogP contribution >= 0.6 is 23.2 Å². The monoisotopic (exact) mass is 456 g/mol. The quantitative estimate of drug-likeness (QED) is 0.279. The molecule has 0 fully saturated rings. The molecule has 3 aromatic rings. The fraction of sp³-hybridized carbons (Fsp3) is 0.269. The molecule has 0 aliphatic carbocycles. The van der Waals surface area contributed by atoms with Crippen LogP contribution in [-0.4, -0.2) is 12.6 Å². The summed E-state index contributed by atoms with van der Waals surface area (Å²) in [5, 5.41) is 0.758. The van der Waals surface area contributed by atoms with Crippen molar-refractivity contribution in [1.82, 2.24) is 0 Å². The van der Waals surface area contributed by atoms with Crippen molar-refractivity contribution in [2.75, 3.05) is 6.61 Å². The molecule has 0 aliphatic heterocycles. The van der Waals surface area contributed by atoms with E-state index in [0.717, 1.165) is 45.6 Å². The molecule has 0 N–H and O–H groups in total. The van der Waals surface area contributed by atoms with Gasteiger partial charge in [0.05, 0.1) is 12.2 Å². The van der Waals surface area contributed by atoms with Crippen LogP contribution in [0, 0.1) is 27.7 Å². The van der Waals surface area contributed by atoms with Crippen LogP contribution in [0.25, 0.3) is 11.1 Å². The van der Waals surface area contributed by atoms with Gasteiger partial charge in [0.25, 0.3) is 0 Å². The average Bonchev–Trinajstić information content (AvgIpc) is 2.72. The molecule has 3 nitrogen and oxygen atoms in total. The zero-order valence-corrected chi connectivity index (χ0v) is 19.9. The van der Waals surface area contributed by atoms with Crippen LogP contribution in [0.2, 0.25) is 10.0 Å². The number of hydrogen-bond donors (Lipinski definition) is 0. The lowest BCUT2D eigenvalue weighted by molar-refractivity contribution is 0.0735. The highest BCUT2D eigenvalue weighted by molar-refractivity contribution is 6.35. The summed E-state index contributed by atoms with van der Waals surface area (Å²) >= 11 is 12.1. The first-order chi connectivity index (χ1) is 14.7. The second-order valence-corrected chi connectivity index (χ2v) is 8.53. The summed E-state index contributed by atoms with van der Waals surface area (Å²) in [6.45, 7) is 10.9.